The molecule has 1 heterocycles. The molecule has 0 unspecified atom stereocenters. The Hall–Kier alpha value is -2.28. The molecule has 0 bridgehead atoms. The van der Waals surface area contributed by atoms with Crippen LogP contribution in [-0.4, -0.2) is 18.5 Å². The molecule has 0 saturated carbocycles. The minimum Gasteiger partial charge on any atom is -0.451 e. The molecule has 2 rings (SSSR count). The number of benzene rings is 1. The number of carbonyl (C=O) groups excluding carboxylic acids is 2. The quantitative estimate of drug-likeness (QED) is 0.883. The first kappa shape index (κ1) is 15.1. The van der Waals surface area contributed by atoms with E-state index in [0.29, 0.717) is 4.88 Å². The van der Waals surface area contributed by atoms with Crippen LogP contribution in [0.5, 0.6) is 0 Å². The molecule has 0 fully saturated rings. The predicted octanol–water partition coefficient (Wildman–Crippen LogP) is 3.13. The zero-order valence-corrected chi connectivity index (χ0v) is 11.8. The van der Waals surface area contributed by atoms with E-state index in [9.17, 15) is 18.4 Å². The van der Waals surface area contributed by atoms with Gasteiger partial charge in [0.15, 0.2) is 6.61 Å². The molecule has 0 aliphatic carbocycles. The maximum atomic E-state index is 13.3. The van der Waals surface area contributed by atoms with Crippen molar-refractivity contribution in [3.63, 3.8) is 0 Å². The standard InChI is InChI=1S/C14H11F2NO3S/c1-8-5-6-11(21-8)14(19)20-7-12(18)17-13-9(15)3-2-4-10(13)16/h2-6H,7H2,1H3,(H,17,18). The number of para-hydroxylation sites is 1. The summed E-state index contributed by atoms with van der Waals surface area (Å²) in [7, 11) is 0. The van der Waals surface area contributed by atoms with Crippen molar-refractivity contribution < 1.29 is 23.1 Å². The highest BCUT2D eigenvalue weighted by atomic mass is 32.1. The molecule has 1 N–H and O–H groups in total. The smallest absolute Gasteiger partial charge is 0.348 e. The number of esters is 1. The van der Waals surface area contributed by atoms with E-state index in [1.54, 1.807) is 12.1 Å². The van der Waals surface area contributed by atoms with E-state index in [0.717, 1.165) is 17.0 Å². The third-order valence-electron chi connectivity index (χ3n) is 2.50. The number of amides is 1. The van der Waals surface area contributed by atoms with E-state index in [-0.39, 0.29) is 0 Å². The van der Waals surface area contributed by atoms with E-state index in [2.05, 4.69) is 0 Å². The molecule has 0 aliphatic heterocycles. The van der Waals surface area contributed by atoms with Crippen LogP contribution in [0.15, 0.2) is 30.3 Å². The lowest BCUT2D eigenvalue weighted by Crippen LogP contribution is -2.21. The fraction of sp³-hybridized carbons (Fsp3) is 0.143. The lowest BCUT2D eigenvalue weighted by molar-refractivity contribution is -0.119. The van der Waals surface area contributed by atoms with Crippen LogP contribution < -0.4 is 5.32 Å². The van der Waals surface area contributed by atoms with Crippen molar-refractivity contribution in [3.8, 4) is 0 Å². The van der Waals surface area contributed by atoms with Crippen molar-refractivity contribution in [2.45, 2.75) is 6.92 Å². The maximum Gasteiger partial charge on any atom is 0.348 e. The minimum absolute atomic E-state index is 0.359. The summed E-state index contributed by atoms with van der Waals surface area (Å²) in [5.74, 6) is -3.27. The third kappa shape index (κ3) is 3.85. The molecule has 0 atom stereocenters. The molecule has 110 valence electrons. The van der Waals surface area contributed by atoms with Crippen molar-refractivity contribution >= 4 is 28.9 Å². The van der Waals surface area contributed by atoms with Gasteiger partial charge >= 0.3 is 5.97 Å². The Bertz CT molecular complexity index is 664. The number of ether oxygens (including phenoxy) is 1. The van der Waals surface area contributed by atoms with Crippen molar-refractivity contribution in [1.29, 1.82) is 0 Å². The SMILES string of the molecule is Cc1ccc(C(=O)OCC(=O)Nc2c(F)cccc2F)s1. The van der Waals surface area contributed by atoms with Gasteiger partial charge in [0.05, 0.1) is 0 Å². The molecule has 1 amide bonds. The summed E-state index contributed by atoms with van der Waals surface area (Å²) >= 11 is 1.23. The van der Waals surface area contributed by atoms with Crippen LogP contribution in [0.3, 0.4) is 0 Å². The Morgan fingerprint density at radius 3 is 2.43 bits per heavy atom. The van der Waals surface area contributed by atoms with E-state index >= 15 is 0 Å². The second-order valence-corrected chi connectivity index (χ2v) is 5.42. The Morgan fingerprint density at radius 1 is 1.19 bits per heavy atom. The number of carbonyl (C=O) groups is 2. The summed E-state index contributed by atoms with van der Waals surface area (Å²) in [6.07, 6.45) is 0. The maximum absolute atomic E-state index is 13.3. The first-order chi connectivity index (χ1) is 9.97. The molecule has 4 nitrogen and oxygen atoms in total. The number of halogens is 2. The molecule has 0 radical (unpaired) electrons. The number of nitrogens with one attached hydrogen (secondary N) is 1. The second kappa shape index (κ2) is 6.45. The van der Waals surface area contributed by atoms with Crippen molar-refractivity contribution in [1.82, 2.24) is 0 Å². The molecule has 1 aromatic heterocycles. The average Bonchev–Trinajstić information content (AvgIpc) is 2.87. The summed E-state index contributed by atoms with van der Waals surface area (Å²) in [5, 5.41) is 2.03. The van der Waals surface area contributed by atoms with Gasteiger partial charge in [-0.25, -0.2) is 13.6 Å². The number of aryl methyl sites for hydroxylation is 1. The Labute approximate surface area is 123 Å². The van der Waals surface area contributed by atoms with Crippen molar-refractivity contribution in [3.05, 3.63) is 51.7 Å². The van der Waals surface area contributed by atoms with Crippen LogP contribution >= 0.6 is 11.3 Å². The van der Waals surface area contributed by atoms with Crippen LogP contribution in [0.2, 0.25) is 0 Å². The van der Waals surface area contributed by atoms with Gasteiger partial charge in [-0.1, -0.05) is 6.07 Å². The first-order valence-corrected chi connectivity index (χ1v) is 6.76. The Kier molecular flexibility index (Phi) is 4.64. The van der Waals surface area contributed by atoms with Crippen LogP contribution in [-0.2, 0) is 9.53 Å². The number of rotatable bonds is 4. The molecular formula is C14H11F2NO3S. The normalized spacial score (nSPS) is 10.2. The molecule has 1 aromatic carbocycles. The van der Waals surface area contributed by atoms with Gasteiger partial charge in [-0.2, -0.15) is 0 Å². The molecule has 0 aliphatic rings. The average molecular weight is 311 g/mol. The Morgan fingerprint density at radius 2 is 1.86 bits per heavy atom. The van der Waals surface area contributed by atoms with Crippen molar-refractivity contribution in [2.75, 3.05) is 11.9 Å². The van der Waals surface area contributed by atoms with Crippen molar-refractivity contribution in [2.24, 2.45) is 0 Å². The largest absolute Gasteiger partial charge is 0.451 e. The van der Waals surface area contributed by atoms with Gasteiger partial charge in [0, 0.05) is 4.88 Å². The molecule has 0 saturated heterocycles. The number of hydrogen-bond donors (Lipinski definition) is 1. The summed E-state index contributed by atoms with van der Waals surface area (Å²) in [6, 6.07) is 6.53. The molecule has 21 heavy (non-hydrogen) atoms. The van der Waals surface area contributed by atoms with Gasteiger partial charge in [0.2, 0.25) is 0 Å². The monoisotopic (exact) mass is 311 g/mol. The predicted molar refractivity (Wildman–Crippen MR) is 74.3 cm³/mol. The van der Waals surface area contributed by atoms with Gasteiger partial charge < -0.3 is 10.1 Å². The highest BCUT2D eigenvalue weighted by Crippen LogP contribution is 2.18. The lowest BCUT2D eigenvalue weighted by Gasteiger charge is -2.07. The van der Waals surface area contributed by atoms with Gasteiger partial charge in [-0.05, 0) is 31.2 Å². The summed E-state index contributed by atoms with van der Waals surface area (Å²) < 4.78 is 31.4. The van der Waals surface area contributed by atoms with Gasteiger partial charge in [0.1, 0.15) is 22.2 Å². The number of anilines is 1. The highest BCUT2D eigenvalue weighted by molar-refractivity contribution is 7.13. The second-order valence-electron chi connectivity index (χ2n) is 4.13. The summed E-state index contributed by atoms with van der Waals surface area (Å²) in [5.41, 5.74) is -0.564. The number of thiophene rings is 1. The van der Waals surface area contributed by atoms with Gasteiger partial charge in [-0.3, -0.25) is 4.79 Å². The molecule has 7 heteroatoms. The topological polar surface area (TPSA) is 55.4 Å². The van der Waals surface area contributed by atoms with Crippen LogP contribution in [0.25, 0.3) is 0 Å². The van der Waals surface area contributed by atoms with Crippen LogP contribution in [0.4, 0.5) is 14.5 Å². The van der Waals surface area contributed by atoms with Crippen LogP contribution in [0.1, 0.15) is 14.5 Å². The minimum atomic E-state index is -0.899. The van der Waals surface area contributed by atoms with Crippen LogP contribution in [0, 0.1) is 18.6 Å². The first-order valence-electron chi connectivity index (χ1n) is 5.95. The van der Waals surface area contributed by atoms with Gasteiger partial charge in [0.25, 0.3) is 5.91 Å². The molecule has 2 aromatic rings. The number of hydrogen-bond acceptors (Lipinski definition) is 4. The highest BCUT2D eigenvalue weighted by Gasteiger charge is 2.15. The van der Waals surface area contributed by atoms with E-state index in [1.165, 1.54) is 17.4 Å². The molecular weight excluding hydrogens is 300 g/mol. The summed E-state index contributed by atoms with van der Waals surface area (Å²) in [4.78, 5) is 24.4. The van der Waals surface area contributed by atoms with Gasteiger partial charge in [-0.15, -0.1) is 11.3 Å². The fourth-order valence-electron chi connectivity index (χ4n) is 1.54. The van der Waals surface area contributed by atoms with E-state index in [4.69, 9.17) is 4.74 Å². The third-order valence-corrected chi connectivity index (χ3v) is 3.48. The van der Waals surface area contributed by atoms with E-state index in [1.807, 2.05) is 12.2 Å². The summed E-state index contributed by atoms with van der Waals surface area (Å²) in [6.45, 7) is 1.21. The zero-order valence-electron chi connectivity index (χ0n) is 11.0. The van der Waals surface area contributed by atoms with E-state index < -0.39 is 35.8 Å². The molecule has 0 spiro atoms. The Balaban J connectivity index is 1.92. The lowest BCUT2D eigenvalue weighted by atomic mass is 10.3. The fourth-order valence-corrected chi connectivity index (χ4v) is 2.30. The zero-order chi connectivity index (χ0) is 15.4.